The molecule has 0 aromatic heterocycles. The van der Waals surface area contributed by atoms with Crippen LogP contribution in [0.5, 0.6) is 0 Å². The number of hydrogen-bond donors (Lipinski definition) is 0. The minimum Gasteiger partial charge on any atom is -0.377 e. The van der Waals surface area contributed by atoms with Crippen molar-refractivity contribution in [2.45, 2.75) is 6.04 Å². The van der Waals surface area contributed by atoms with E-state index in [1.165, 1.54) is 0 Å². The fourth-order valence-electron chi connectivity index (χ4n) is 3.24. The van der Waals surface area contributed by atoms with E-state index in [1.807, 2.05) is 36.4 Å². The topological polar surface area (TPSA) is 24.8 Å². The van der Waals surface area contributed by atoms with Crippen LogP contribution in [-0.2, 0) is 4.74 Å². The van der Waals surface area contributed by atoms with Crippen molar-refractivity contribution in [3.05, 3.63) is 63.6 Å². The molecule has 0 bridgehead atoms. The molecule has 2 aromatic carbocycles. The van der Waals surface area contributed by atoms with E-state index in [-0.39, 0.29) is 6.04 Å². The lowest BCUT2D eigenvalue weighted by Crippen LogP contribution is -2.47. The predicted molar refractivity (Wildman–Crippen MR) is 95.4 cm³/mol. The van der Waals surface area contributed by atoms with Gasteiger partial charge in [0.2, 0.25) is 0 Å². The highest BCUT2D eigenvalue weighted by molar-refractivity contribution is 6.36. The average Bonchev–Trinajstić information content (AvgIpc) is 2.72. The van der Waals surface area contributed by atoms with E-state index in [0.717, 1.165) is 35.7 Å². The normalized spacial score (nSPS) is 20.3. The van der Waals surface area contributed by atoms with Crippen LogP contribution in [0.1, 0.15) is 11.1 Å². The van der Waals surface area contributed by atoms with Crippen LogP contribution in [0, 0.1) is 0 Å². The van der Waals surface area contributed by atoms with E-state index < -0.39 is 0 Å². The summed E-state index contributed by atoms with van der Waals surface area (Å²) < 4.78 is 5.63. The molecule has 1 atom stereocenters. The highest BCUT2D eigenvalue weighted by Gasteiger charge is 2.29. The molecule has 23 heavy (non-hydrogen) atoms. The summed E-state index contributed by atoms with van der Waals surface area (Å²) in [6.45, 7) is 2.98. The molecule has 0 amide bonds. The molecule has 4 rings (SSSR count). The van der Waals surface area contributed by atoms with Crippen molar-refractivity contribution < 1.29 is 4.74 Å². The number of nitrogens with zero attached hydrogens (tertiary/aromatic N) is 2. The molecule has 3 nitrogen and oxygen atoms in total. The highest BCUT2D eigenvalue weighted by atomic mass is 35.5. The average molecular weight is 347 g/mol. The molecule has 1 saturated heterocycles. The van der Waals surface area contributed by atoms with Gasteiger partial charge in [-0.2, -0.15) is 0 Å². The van der Waals surface area contributed by atoms with Crippen molar-refractivity contribution in [3.8, 4) is 0 Å². The first-order valence-electron chi connectivity index (χ1n) is 7.68. The Kier molecular flexibility index (Phi) is 4.02. The number of benzene rings is 2. The minimum atomic E-state index is 0.253. The molecule has 0 aliphatic carbocycles. The van der Waals surface area contributed by atoms with Crippen molar-refractivity contribution in [1.82, 2.24) is 0 Å². The second kappa shape index (κ2) is 6.16. The van der Waals surface area contributed by atoms with Crippen LogP contribution < -0.4 is 4.90 Å². The summed E-state index contributed by atoms with van der Waals surface area (Å²) in [5, 5.41) is 1.41. The standard InChI is InChI=1S/C18H16Cl2N2O/c19-12-5-6-17-15(9-12)18(14-3-1-2-4-16(14)20)21-10-13-11-23-8-7-22(13)17/h1-6,9,13H,7-8,10-11H2. The SMILES string of the molecule is Clc1ccc2c(c1)C(c1ccccc1Cl)=NCC1COCCN21. The Hall–Kier alpha value is -1.55. The van der Waals surface area contributed by atoms with Gasteiger partial charge in [0.15, 0.2) is 0 Å². The van der Waals surface area contributed by atoms with E-state index in [2.05, 4.69) is 11.0 Å². The third kappa shape index (κ3) is 2.74. The van der Waals surface area contributed by atoms with Gasteiger partial charge in [0.1, 0.15) is 0 Å². The molecule has 2 aliphatic rings. The van der Waals surface area contributed by atoms with Crippen LogP contribution in [0.15, 0.2) is 47.5 Å². The van der Waals surface area contributed by atoms with Crippen molar-refractivity contribution in [2.75, 3.05) is 31.2 Å². The number of aliphatic imine (C=N–C) groups is 1. The van der Waals surface area contributed by atoms with E-state index in [0.29, 0.717) is 23.2 Å². The molecule has 5 heteroatoms. The number of fused-ring (bicyclic) bond motifs is 3. The van der Waals surface area contributed by atoms with Crippen molar-refractivity contribution >= 4 is 34.6 Å². The van der Waals surface area contributed by atoms with Gasteiger partial charge in [-0.3, -0.25) is 4.99 Å². The van der Waals surface area contributed by atoms with Crippen molar-refractivity contribution in [1.29, 1.82) is 0 Å². The number of halogens is 2. The summed E-state index contributed by atoms with van der Waals surface area (Å²) in [5.41, 5.74) is 4.04. The van der Waals surface area contributed by atoms with Gasteiger partial charge < -0.3 is 9.64 Å². The lowest BCUT2D eigenvalue weighted by atomic mass is 10.00. The predicted octanol–water partition coefficient (Wildman–Crippen LogP) is 4.05. The first kappa shape index (κ1) is 15.0. The summed E-state index contributed by atoms with van der Waals surface area (Å²) >= 11 is 12.7. The van der Waals surface area contributed by atoms with Gasteiger partial charge in [0.25, 0.3) is 0 Å². The second-order valence-electron chi connectivity index (χ2n) is 5.75. The quantitative estimate of drug-likeness (QED) is 0.778. The first-order chi connectivity index (χ1) is 11.2. The summed E-state index contributed by atoms with van der Waals surface area (Å²) in [5.74, 6) is 0. The van der Waals surface area contributed by atoms with Crippen LogP contribution >= 0.6 is 23.2 Å². The molecule has 118 valence electrons. The molecular formula is C18H16Cl2N2O. The molecule has 1 unspecified atom stereocenters. The van der Waals surface area contributed by atoms with E-state index in [4.69, 9.17) is 32.9 Å². The zero-order valence-corrected chi connectivity index (χ0v) is 14.0. The van der Waals surface area contributed by atoms with E-state index in [9.17, 15) is 0 Å². The smallest absolute Gasteiger partial charge is 0.0756 e. The third-order valence-electron chi connectivity index (χ3n) is 4.34. The molecule has 0 N–H and O–H groups in total. The van der Waals surface area contributed by atoms with Gasteiger partial charge in [-0.05, 0) is 24.3 Å². The van der Waals surface area contributed by atoms with E-state index >= 15 is 0 Å². The highest BCUT2D eigenvalue weighted by Crippen LogP contribution is 2.33. The molecule has 0 saturated carbocycles. The monoisotopic (exact) mass is 346 g/mol. The first-order valence-corrected chi connectivity index (χ1v) is 8.43. The van der Waals surface area contributed by atoms with Crippen LogP contribution in [-0.4, -0.2) is 38.1 Å². The van der Waals surface area contributed by atoms with Gasteiger partial charge in [0, 0.05) is 33.4 Å². The van der Waals surface area contributed by atoms with Crippen molar-refractivity contribution in [3.63, 3.8) is 0 Å². The zero-order chi connectivity index (χ0) is 15.8. The molecule has 1 fully saturated rings. The molecule has 2 aliphatic heterocycles. The molecule has 0 spiro atoms. The summed E-state index contributed by atoms with van der Waals surface area (Å²) in [4.78, 5) is 7.25. The molecule has 2 aromatic rings. The van der Waals surface area contributed by atoms with Crippen LogP contribution in [0.25, 0.3) is 0 Å². The Balaban J connectivity index is 1.91. The lowest BCUT2D eigenvalue weighted by Gasteiger charge is -2.36. The van der Waals surface area contributed by atoms with Gasteiger partial charge in [-0.25, -0.2) is 0 Å². The molecular weight excluding hydrogens is 331 g/mol. The summed E-state index contributed by atoms with van der Waals surface area (Å²) in [6, 6.07) is 14.1. The number of morpholine rings is 1. The molecule has 0 radical (unpaired) electrons. The second-order valence-corrected chi connectivity index (χ2v) is 6.60. The number of anilines is 1. The fourth-order valence-corrected chi connectivity index (χ4v) is 3.63. The fraction of sp³-hybridized carbons (Fsp3) is 0.278. The van der Waals surface area contributed by atoms with Gasteiger partial charge in [0.05, 0.1) is 31.5 Å². The van der Waals surface area contributed by atoms with Gasteiger partial charge >= 0.3 is 0 Å². The zero-order valence-electron chi connectivity index (χ0n) is 12.5. The Morgan fingerprint density at radius 1 is 1.09 bits per heavy atom. The maximum absolute atomic E-state index is 6.42. The largest absolute Gasteiger partial charge is 0.377 e. The number of ether oxygens (including phenoxy) is 1. The Morgan fingerprint density at radius 3 is 2.83 bits per heavy atom. The van der Waals surface area contributed by atoms with Gasteiger partial charge in [-0.1, -0.05) is 41.4 Å². The number of rotatable bonds is 1. The van der Waals surface area contributed by atoms with E-state index in [1.54, 1.807) is 0 Å². The van der Waals surface area contributed by atoms with Gasteiger partial charge in [-0.15, -0.1) is 0 Å². The Bertz CT molecular complexity index is 775. The number of hydrogen-bond acceptors (Lipinski definition) is 3. The molecule has 2 heterocycles. The summed E-state index contributed by atoms with van der Waals surface area (Å²) in [6.07, 6.45) is 0. The summed E-state index contributed by atoms with van der Waals surface area (Å²) in [7, 11) is 0. The maximum Gasteiger partial charge on any atom is 0.0756 e. The Labute approximate surface area is 145 Å². The third-order valence-corrected chi connectivity index (χ3v) is 4.90. The Morgan fingerprint density at radius 2 is 1.96 bits per heavy atom. The van der Waals surface area contributed by atoms with Crippen molar-refractivity contribution in [2.24, 2.45) is 4.99 Å². The van der Waals surface area contributed by atoms with Crippen LogP contribution in [0.2, 0.25) is 10.0 Å². The van der Waals surface area contributed by atoms with Crippen LogP contribution in [0.3, 0.4) is 0 Å². The maximum atomic E-state index is 6.42. The lowest BCUT2D eigenvalue weighted by molar-refractivity contribution is 0.0966. The minimum absolute atomic E-state index is 0.253. The van der Waals surface area contributed by atoms with Crippen LogP contribution in [0.4, 0.5) is 5.69 Å².